The zero-order valence-corrected chi connectivity index (χ0v) is 32.0. The largest absolute Gasteiger partial charge is 0.507 e. The first-order chi connectivity index (χ1) is 25.4. The maximum Gasteiger partial charge on any atom is 0.243 e. The molecule has 0 radical (unpaired) electrons. The number of rotatable bonds is 7. The van der Waals surface area contributed by atoms with Crippen molar-refractivity contribution in [3.8, 4) is 5.75 Å². The van der Waals surface area contributed by atoms with Crippen molar-refractivity contribution in [3.63, 3.8) is 0 Å². The van der Waals surface area contributed by atoms with Crippen LogP contribution in [0.4, 0.5) is 0 Å². The minimum atomic E-state index is -0.881. The topological polar surface area (TPSA) is 136 Å². The Labute approximate surface area is 312 Å². The van der Waals surface area contributed by atoms with E-state index in [1.54, 1.807) is 18.2 Å². The van der Waals surface area contributed by atoms with E-state index in [4.69, 9.17) is 38.5 Å². The number of phenols is 1. The number of fused-ring (bicyclic) bond motifs is 4. The second-order valence-corrected chi connectivity index (χ2v) is 18.3. The monoisotopic (exact) mass is 738 g/mol. The molecule has 2 spiro atoms. The number of phenolic OH excluding ortho intramolecular Hbond substituents is 1. The van der Waals surface area contributed by atoms with Gasteiger partial charge in [-0.1, -0.05) is 39.8 Å². The zero-order chi connectivity index (χ0) is 36.9. The van der Waals surface area contributed by atoms with Crippen molar-refractivity contribution in [1.82, 2.24) is 5.43 Å². The fourth-order valence-corrected chi connectivity index (χ4v) is 12.2. The van der Waals surface area contributed by atoms with Crippen LogP contribution in [0, 0.1) is 53.3 Å². The summed E-state index contributed by atoms with van der Waals surface area (Å²) in [7, 11) is 0. The van der Waals surface area contributed by atoms with E-state index in [0.717, 1.165) is 51.4 Å². The van der Waals surface area contributed by atoms with Gasteiger partial charge in [-0.15, -0.1) is 0 Å². The highest BCUT2D eigenvalue weighted by Crippen LogP contribution is 2.63. The summed E-state index contributed by atoms with van der Waals surface area (Å²) in [5.74, 6) is -0.504. The Hall–Kier alpha value is -2.16. The average molecular weight is 739 g/mol. The highest BCUT2D eigenvalue weighted by molar-refractivity contribution is 5.85. The lowest BCUT2D eigenvalue weighted by Crippen LogP contribution is -2.70. The number of carbonyl (C=O) groups excluding carboxylic acids is 1. The van der Waals surface area contributed by atoms with Crippen molar-refractivity contribution in [3.05, 3.63) is 29.8 Å². The maximum absolute atomic E-state index is 14.4. The molecule has 2 aliphatic carbocycles. The van der Waals surface area contributed by atoms with Gasteiger partial charge in [-0.2, -0.15) is 5.10 Å². The first kappa shape index (κ1) is 36.5. The summed E-state index contributed by atoms with van der Waals surface area (Å²) in [6.45, 7) is 13.0. The van der Waals surface area contributed by atoms with Crippen molar-refractivity contribution in [1.29, 1.82) is 0 Å². The number of para-hydroxylation sites is 1. The van der Waals surface area contributed by atoms with Crippen LogP contribution in [0.25, 0.3) is 0 Å². The predicted octanol–water partition coefficient (Wildman–Crippen LogP) is 6.74. The Morgan fingerprint density at radius 3 is 1.79 bits per heavy atom. The van der Waals surface area contributed by atoms with Crippen LogP contribution >= 0.6 is 0 Å². The number of hydrogen-bond donors (Lipinski definition) is 2. The van der Waals surface area contributed by atoms with Gasteiger partial charge in [0.05, 0.1) is 18.4 Å². The molecule has 12 heteroatoms. The van der Waals surface area contributed by atoms with Crippen LogP contribution in [0.2, 0.25) is 0 Å². The lowest BCUT2D eigenvalue weighted by atomic mass is 9.56. The SMILES string of the molecule is C[C@H]1[C@@H](CC(C[C@H]2O[C@@H]3O[C@@]4(C)CC[C@H]5[C@H](C)CC[C@@H]([C@H]2C)[C@@]35OO4)C(=O)N/N=C/c2ccccc2O)O[C@@H]2O[C@@]3(C)CC[C@H]4[C@H](C)CC[C@@H]1[C@@]24OO3. The number of hydrogen-bond acceptors (Lipinski definition) is 11. The number of ether oxygens (including phenoxy) is 4. The molecule has 8 saturated heterocycles. The van der Waals surface area contributed by atoms with Crippen LogP contribution < -0.4 is 5.43 Å². The minimum absolute atomic E-state index is 0.0796. The predicted molar refractivity (Wildman–Crippen MR) is 190 cm³/mol. The van der Waals surface area contributed by atoms with Gasteiger partial charge >= 0.3 is 0 Å². The molecule has 53 heavy (non-hydrogen) atoms. The molecular formula is C41H58N2O10. The van der Waals surface area contributed by atoms with Crippen molar-refractivity contribution in [2.75, 3.05) is 0 Å². The Kier molecular flexibility index (Phi) is 9.10. The second kappa shape index (κ2) is 13.2. The molecule has 0 unspecified atom stereocenters. The summed E-state index contributed by atoms with van der Waals surface area (Å²) in [4.78, 5) is 39.3. The standard InChI is InChI=1S/C41H58N2O10/c1-22-11-13-30-24(3)33(46-36-40(30)28(22)15-17-38(5,48-36)50-52-40)19-27(35(45)43-42-21-26-9-7-8-10-32(26)44)20-34-25(4)31-14-12-23(2)29-16-18-39(6)49-37(47-34)41(29,31)53-51-39/h7-10,21-25,27-31,33-34,36-37,44H,11-20H2,1-6H3,(H,43,45)/b42-21+/t22-,23-,24-,25-,28+,29+,30+,31+,33-,34-,36-,37-,38-,39-,40-,41-/m1/s1. The van der Waals surface area contributed by atoms with Crippen LogP contribution in [0.3, 0.4) is 0 Å². The Morgan fingerprint density at radius 2 is 1.28 bits per heavy atom. The van der Waals surface area contributed by atoms with E-state index in [9.17, 15) is 9.90 Å². The molecule has 12 nitrogen and oxygen atoms in total. The molecule has 292 valence electrons. The van der Waals surface area contributed by atoms with Crippen LogP contribution in [-0.2, 0) is 43.3 Å². The van der Waals surface area contributed by atoms with E-state index >= 15 is 0 Å². The van der Waals surface area contributed by atoms with Crippen molar-refractivity contribution >= 4 is 12.1 Å². The van der Waals surface area contributed by atoms with E-state index in [2.05, 4.69) is 38.2 Å². The normalized spacial score (nSPS) is 50.5. The number of nitrogens with zero attached hydrogens (tertiary/aromatic N) is 1. The van der Waals surface area contributed by atoms with Crippen molar-refractivity contribution < 1.29 is 48.4 Å². The van der Waals surface area contributed by atoms with Crippen molar-refractivity contribution in [2.45, 2.75) is 153 Å². The molecule has 2 N–H and O–H groups in total. The van der Waals surface area contributed by atoms with E-state index in [1.165, 1.54) is 6.21 Å². The summed E-state index contributed by atoms with van der Waals surface area (Å²) in [5.41, 5.74) is 1.98. The van der Waals surface area contributed by atoms with Gasteiger partial charge in [0.15, 0.2) is 23.8 Å². The molecule has 16 atom stereocenters. The molecule has 1 amide bonds. The number of aromatic hydroxyl groups is 1. The highest BCUT2D eigenvalue weighted by Gasteiger charge is 2.71. The van der Waals surface area contributed by atoms with Gasteiger partial charge in [-0.25, -0.2) is 25.0 Å². The lowest BCUT2D eigenvalue weighted by Gasteiger charge is -2.61. The van der Waals surface area contributed by atoms with Crippen LogP contribution in [0.15, 0.2) is 29.4 Å². The minimum Gasteiger partial charge on any atom is -0.507 e. The van der Waals surface area contributed by atoms with E-state index < -0.39 is 41.3 Å². The lowest BCUT2D eigenvalue weighted by molar-refractivity contribution is -0.571. The summed E-state index contributed by atoms with van der Waals surface area (Å²) >= 11 is 0. The van der Waals surface area contributed by atoms with Gasteiger partial charge in [0.2, 0.25) is 17.5 Å². The number of carbonyl (C=O) groups is 1. The maximum atomic E-state index is 14.4. The second-order valence-electron chi connectivity index (χ2n) is 18.3. The third-order valence-electron chi connectivity index (χ3n) is 15.3. The molecule has 4 bridgehead atoms. The summed E-state index contributed by atoms with van der Waals surface area (Å²) < 4.78 is 27.3. The van der Waals surface area contributed by atoms with Gasteiger partial charge in [0.25, 0.3) is 0 Å². The molecule has 11 rings (SSSR count). The van der Waals surface area contributed by atoms with Gasteiger partial charge in [0.1, 0.15) is 5.75 Å². The Bertz CT molecular complexity index is 1510. The third-order valence-corrected chi connectivity index (χ3v) is 15.3. The third kappa shape index (κ3) is 5.75. The molecule has 8 aliphatic heterocycles. The molecule has 8 heterocycles. The molecule has 0 aromatic heterocycles. The first-order valence-corrected chi connectivity index (χ1v) is 20.4. The molecule has 1 aromatic rings. The summed E-state index contributed by atoms with van der Waals surface area (Å²) in [6, 6.07) is 6.91. The molecule has 1 aromatic carbocycles. The summed E-state index contributed by atoms with van der Waals surface area (Å²) in [5, 5.41) is 14.6. The summed E-state index contributed by atoms with van der Waals surface area (Å²) in [6.07, 6.45) is 8.21. The fourth-order valence-electron chi connectivity index (χ4n) is 12.2. The van der Waals surface area contributed by atoms with Crippen LogP contribution in [-0.4, -0.2) is 64.8 Å². The van der Waals surface area contributed by atoms with E-state index in [0.29, 0.717) is 30.2 Å². The molecular weight excluding hydrogens is 680 g/mol. The zero-order valence-electron chi connectivity index (χ0n) is 32.0. The van der Waals surface area contributed by atoms with Crippen LogP contribution in [0.1, 0.15) is 111 Å². The average Bonchev–Trinajstić information content (AvgIpc) is 3.51. The number of amides is 1. The smallest absolute Gasteiger partial charge is 0.243 e. The van der Waals surface area contributed by atoms with E-state index in [-0.39, 0.29) is 59.4 Å². The van der Waals surface area contributed by atoms with Crippen molar-refractivity contribution in [2.24, 2.45) is 58.4 Å². The number of nitrogens with one attached hydrogen (secondary N) is 1. The number of hydrazone groups is 1. The molecule has 2 saturated carbocycles. The highest BCUT2D eigenvalue weighted by atomic mass is 17.3. The van der Waals surface area contributed by atoms with Gasteiger partial charge < -0.3 is 24.1 Å². The number of benzene rings is 1. The Balaban J connectivity index is 1.01. The fraction of sp³-hybridized carbons (Fsp3) is 0.805. The quantitative estimate of drug-likeness (QED) is 0.176. The van der Waals surface area contributed by atoms with E-state index in [1.807, 2.05) is 19.9 Å². The van der Waals surface area contributed by atoms with Crippen LogP contribution in [0.5, 0.6) is 5.75 Å². The van der Waals surface area contributed by atoms with Gasteiger partial charge in [-0.05, 0) is 113 Å². The molecule has 10 fully saturated rings. The van der Waals surface area contributed by atoms with Gasteiger partial charge in [-0.3, -0.25) is 4.79 Å². The molecule has 10 aliphatic rings. The first-order valence-electron chi connectivity index (χ1n) is 20.4. The Morgan fingerprint density at radius 1 is 0.774 bits per heavy atom. The van der Waals surface area contributed by atoms with Gasteiger partial charge in [0, 0.05) is 36.2 Å².